The molecule has 2 saturated heterocycles. The van der Waals surface area contributed by atoms with Gasteiger partial charge in [-0.2, -0.15) is 0 Å². The number of rotatable bonds is 2. The topological polar surface area (TPSA) is 133 Å². The van der Waals surface area contributed by atoms with Crippen molar-refractivity contribution in [3.63, 3.8) is 0 Å². The molecule has 1 aromatic carbocycles. The van der Waals surface area contributed by atoms with Crippen LogP contribution in [0.25, 0.3) is 12.2 Å². The lowest BCUT2D eigenvalue weighted by Crippen LogP contribution is -2.51. The minimum Gasteiger partial charge on any atom is -0.320 e. The average Bonchev–Trinajstić information content (AvgIpc) is 2.68. The Balaban J connectivity index is 1.83. The molecule has 0 saturated carbocycles. The van der Waals surface area contributed by atoms with Crippen LogP contribution in [0.1, 0.15) is 25.0 Å². The standard InChI is InChI=1S/C20H18N4O6/c1-11(25)23-9-17(27)21-15(19(23)29)7-13-3-5-14(6-4-13)8-16-20(30)24(12(2)26)10-18(28)22-16/h3-8H,9-10H2,1-2H3,(H,21,27)(H,22,28)/b15-7+,16-8+. The molecule has 0 bridgehead atoms. The highest BCUT2D eigenvalue weighted by molar-refractivity contribution is 6.13. The fourth-order valence-corrected chi connectivity index (χ4v) is 2.93. The van der Waals surface area contributed by atoms with Gasteiger partial charge in [0, 0.05) is 13.8 Å². The molecule has 0 spiro atoms. The fraction of sp³-hybridized carbons (Fsp3) is 0.200. The van der Waals surface area contributed by atoms with Crippen molar-refractivity contribution >= 4 is 47.6 Å². The van der Waals surface area contributed by atoms with Crippen molar-refractivity contribution in [1.29, 1.82) is 0 Å². The number of benzene rings is 1. The number of hydrogen-bond acceptors (Lipinski definition) is 6. The van der Waals surface area contributed by atoms with Gasteiger partial charge < -0.3 is 10.6 Å². The Labute approximate surface area is 171 Å². The minimum absolute atomic E-state index is 0.0284. The summed E-state index contributed by atoms with van der Waals surface area (Å²) < 4.78 is 0. The first kappa shape index (κ1) is 20.6. The van der Waals surface area contributed by atoms with Crippen LogP contribution in [0.5, 0.6) is 0 Å². The van der Waals surface area contributed by atoms with Gasteiger partial charge in [0.2, 0.25) is 23.6 Å². The summed E-state index contributed by atoms with van der Waals surface area (Å²) in [5, 5.41) is 4.89. The van der Waals surface area contributed by atoms with Crippen molar-refractivity contribution in [3.8, 4) is 0 Å². The summed E-state index contributed by atoms with van der Waals surface area (Å²) in [7, 11) is 0. The zero-order valence-electron chi connectivity index (χ0n) is 16.2. The van der Waals surface area contributed by atoms with E-state index in [-0.39, 0.29) is 24.5 Å². The van der Waals surface area contributed by atoms with Crippen LogP contribution >= 0.6 is 0 Å². The predicted octanol–water partition coefficient (Wildman–Crippen LogP) is -0.622. The molecule has 10 heteroatoms. The van der Waals surface area contributed by atoms with Crippen LogP contribution in [0, 0.1) is 0 Å². The highest BCUT2D eigenvalue weighted by Crippen LogP contribution is 2.16. The summed E-state index contributed by atoms with van der Waals surface area (Å²) in [6.45, 7) is 1.76. The number of nitrogens with zero attached hydrogens (tertiary/aromatic N) is 2. The second kappa shape index (κ2) is 8.11. The molecule has 2 N–H and O–H groups in total. The number of hydrogen-bond donors (Lipinski definition) is 2. The Morgan fingerprint density at radius 3 is 1.37 bits per heavy atom. The molecule has 0 radical (unpaired) electrons. The van der Waals surface area contributed by atoms with Gasteiger partial charge in [-0.15, -0.1) is 0 Å². The van der Waals surface area contributed by atoms with E-state index in [0.29, 0.717) is 11.1 Å². The lowest BCUT2D eigenvalue weighted by molar-refractivity contribution is -0.147. The van der Waals surface area contributed by atoms with Crippen LogP contribution in [0.15, 0.2) is 35.7 Å². The molecule has 0 atom stereocenters. The van der Waals surface area contributed by atoms with Crippen molar-refractivity contribution in [2.75, 3.05) is 13.1 Å². The summed E-state index contributed by atoms with van der Waals surface area (Å²) in [6.07, 6.45) is 2.86. The van der Waals surface area contributed by atoms with Gasteiger partial charge >= 0.3 is 0 Å². The number of amides is 6. The van der Waals surface area contributed by atoms with E-state index in [1.165, 1.54) is 26.0 Å². The van der Waals surface area contributed by atoms with Gasteiger partial charge in [0.15, 0.2) is 0 Å². The third-order valence-electron chi connectivity index (χ3n) is 4.42. The van der Waals surface area contributed by atoms with Gasteiger partial charge in [0.25, 0.3) is 11.8 Å². The van der Waals surface area contributed by atoms with Crippen LogP contribution in [0.3, 0.4) is 0 Å². The van der Waals surface area contributed by atoms with E-state index >= 15 is 0 Å². The molecule has 6 amide bonds. The van der Waals surface area contributed by atoms with Crippen LogP contribution in [-0.4, -0.2) is 58.3 Å². The van der Waals surface area contributed by atoms with Crippen LogP contribution in [0.2, 0.25) is 0 Å². The van der Waals surface area contributed by atoms with Crippen molar-refractivity contribution in [2.45, 2.75) is 13.8 Å². The number of carbonyl (C=O) groups excluding carboxylic acids is 6. The number of piperazine rings is 2. The lowest BCUT2D eigenvalue weighted by atomic mass is 10.1. The molecule has 2 fully saturated rings. The van der Waals surface area contributed by atoms with E-state index in [1.54, 1.807) is 24.3 Å². The van der Waals surface area contributed by atoms with E-state index in [9.17, 15) is 28.8 Å². The summed E-state index contributed by atoms with van der Waals surface area (Å²) in [5.41, 5.74) is 1.07. The monoisotopic (exact) mass is 410 g/mol. The molecular weight excluding hydrogens is 392 g/mol. The van der Waals surface area contributed by atoms with Gasteiger partial charge in [-0.05, 0) is 23.3 Å². The van der Waals surface area contributed by atoms with E-state index in [4.69, 9.17) is 0 Å². The van der Waals surface area contributed by atoms with Crippen molar-refractivity contribution in [3.05, 3.63) is 46.8 Å². The molecule has 2 aliphatic heterocycles. The molecule has 0 unspecified atom stereocenters. The van der Waals surface area contributed by atoms with Gasteiger partial charge in [0.05, 0.1) is 0 Å². The van der Waals surface area contributed by atoms with Gasteiger partial charge in [-0.3, -0.25) is 38.6 Å². The molecule has 2 aliphatic rings. The summed E-state index contributed by atoms with van der Waals surface area (Å²) in [5.74, 6) is -3.21. The maximum atomic E-state index is 12.3. The predicted molar refractivity (Wildman–Crippen MR) is 103 cm³/mol. The SMILES string of the molecule is CC(=O)N1CC(=O)N/C(=C/c2ccc(/C=C3/NC(=O)CN(C(C)=O)C3=O)cc2)C1=O. The van der Waals surface area contributed by atoms with E-state index < -0.39 is 35.4 Å². The second-order valence-electron chi connectivity index (χ2n) is 6.70. The Hall–Kier alpha value is -4.08. The highest BCUT2D eigenvalue weighted by Gasteiger charge is 2.31. The first-order valence-corrected chi connectivity index (χ1v) is 8.93. The van der Waals surface area contributed by atoms with Crippen molar-refractivity contribution < 1.29 is 28.8 Å². The van der Waals surface area contributed by atoms with E-state index in [2.05, 4.69) is 10.6 Å². The van der Waals surface area contributed by atoms with E-state index in [0.717, 1.165) is 9.80 Å². The second-order valence-corrected chi connectivity index (χ2v) is 6.70. The molecule has 0 aliphatic carbocycles. The van der Waals surface area contributed by atoms with Gasteiger partial charge in [0.1, 0.15) is 24.5 Å². The lowest BCUT2D eigenvalue weighted by Gasteiger charge is -2.25. The first-order chi connectivity index (χ1) is 14.2. The Bertz CT molecular complexity index is 955. The maximum absolute atomic E-state index is 12.3. The van der Waals surface area contributed by atoms with Crippen LogP contribution in [-0.2, 0) is 28.8 Å². The third-order valence-corrected chi connectivity index (χ3v) is 4.42. The fourth-order valence-electron chi connectivity index (χ4n) is 2.93. The third kappa shape index (κ3) is 4.32. The molecule has 154 valence electrons. The summed E-state index contributed by atoms with van der Waals surface area (Å²) >= 11 is 0. The summed E-state index contributed by atoms with van der Waals surface area (Å²) in [4.78, 5) is 72.8. The summed E-state index contributed by atoms with van der Waals surface area (Å²) in [6, 6.07) is 6.51. The molecule has 3 rings (SSSR count). The number of nitrogens with one attached hydrogen (secondary N) is 2. The largest absolute Gasteiger partial charge is 0.320 e. The normalized spacial score (nSPS) is 19.8. The molecule has 1 aromatic rings. The number of imide groups is 2. The van der Waals surface area contributed by atoms with E-state index in [1.807, 2.05) is 0 Å². The highest BCUT2D eigenvalue weighted by atomic mass is 16.2. The average molecular weight is 410 g/mol. The Kier molecular flexibility index (Phi) is 5.58. The molecule has 0 aromatic heterocycles. The minimum atomic E-state index is -0.604. The van der Waals surface area contributed by atoms with Crippen LogP contribution in [0.4, 0.5) is 0 Å². The smallest absolute Gasteiger partial charge is 0.277 e. The zero-order chi connectivity index (χ0) is 22.0. The van der Waals surface area contributed by atoms with Crippen LogP contribution < -0.4 is 10.6 Å². The molecule has 10 nitrogen and oxygen atoms in total. The quantitative estimate of drug-likeness (QED) is 0.625. The maximum Gasteiger partial charge on any atom is 0.277 e. The van der Waals surface area contributed by atoms with Crippen molar-refractivity contribution in [1.82, 2.24) is 20.4 Å². The molecule has 2 heterocycles. The van der Waals surface area contributed by atoms with Gasteiger partial charge in [-0.25, -0.2) is 0 Å². The van der Waals surface area contributed by atoms with Gasteiger partial charge in [-0.1, -0.05) is 24.3 Å². The van der Waals surface area contributed by atoms with Crippen molar-refractivity contribution in [2.24, 2.45) is 0 Å². The Morgan fingerprint density at radius 1 is 0.733 bits per heavy atom. The zero-order valence-corrected chi connectivity index (χ0v) is 16.2. The molecular formula is C20H18N4O6. The molecule has 30 heavy (non-hydrogen) atoms. The first-order valence-electron chi connectivity index (χ1n) is 8.93. The Morgan fingerprint density at radius 2 is 1.07 bits per heavy atom. The number of carbonyl (C=O) groups is 6.